The van der Waals surface area contributed by atoms with Crippen LogP contribution in [0.2, 0.25) is 10.0 Å². The Kier molecular flexibility index (Phi) is 4.99. The summed E-state index contributed by atoms with van der Waals surface area (Å²) in [4.78, 5) is 41.0. The minimum Gasteiger partial charge on any atom is -0.545 e. The van der Waals surface area contributed by atoms with E-state index in [0.29, 0.717) is 10.7 Å². The first-order chi connectivity index (χ1) is 11.9. The molecule has 1 fully saturated rings. The number of aromatic nitrogens is 1. The molecule has 0 bridgehead atoms. The van der Waals surface area contributed by atoms with E-state index >= 15 is 0 Å². The number of pyridine rings is 1. The second kappa shape index (κ2) is 7.03. The average molecular weight is 396 g/mol. The fourth-order valence-electron chi connectivity index (χ4n) is 2.37. The van der Waals surface area contributed by atoms with Crippen LogP contribution in [0.15, 0.2) is 41.6 Å². The van der Waals surface area contributed by atoms with Crippen LogP contribution in [-0.4, -0.2) is 28.0 Å². The van der Waals surface area contributed by atoms with Gasteiger partial charge in [-0.1, -0.05) is 35.0 Å². The van der Waals surface area contributed by atoms with Crippen molar-refractivity contribution in [3.63, 3.8) is 0 Å². The number of carbonyl (C=O) groups excluding carboxylic acids is 3. The van der Waals surface area contributed by atoms with Gasteiger partial charge in [0, 0.05) is 18.2 Å². The summed E-state index contributed by atoms with van der Waals surface area (Å²) in [7, 11) is 0. The van der Waals surface area contributed by atoms with Gasteiger partial charge in [-0.2, -0.15) is 0 Å². The van der Waals surface area contributed by atoms with Crippen LogP contribution < -0.4 is 10.0 Å². The molecule has 25 heavy (non-hydrogen) atoms. The summed E-state index contributed by atoms with van der Waals surface area (Å²) in [6.07, 6.45) is 1.33. The molecule has 0 radical (unpaired) electrons. The number of halogens is 2. The molecule has 2 aromatic rings. The van der Waals surface area contributed by atoms with Gasteiger partial charge in [-0.25, -0.2) is 9.88 Å². The smallest absolute Gasteiger partial charge is 0.247 e. The Labute approximate surface area is 156 Å². The van der Waals surface area contributed by atoms with Crippen molar-refractivity contribution >= 4 is 58.4 Å². The van der Waals surface area contributed by atoms with Crippen molar-refractivity contribution < 1.29 is 19.5 Å². The van der Waals surface area contributed by atoms with Crippen LogP contribution in [0.1, 0.15) is 16.8 Å². The van der Waals surface area contributed by atoms with Crippen molar-refractivity contribution in [2.24, 2.45) is 0 Å². The second-order valence-electron chi connectivity index (χ2n) is 5.12. The predicted molar refractivity (Wildman–Crippen MR) is 91.8 cm³/mol. The van der Waals surface area contributed by atoms with E-state index in [1.54, 1.807) is 0 Å². The van der Waals surface area contributed by atoms with Crippen LogP contribution in [0, 0.1) is 0 Å². The lowest BCUT2D eigenvalue weighted by atomic mass is 10.3. The summed E-state index contributed by atoms with van der Waals surface area (Å²) in [5, 5.41) is 11.0. The first-order valence-electron chi connectivity index (χ1n) is 7.03. The van der Waals surface area contributed by atoms with E-state index < -0.39 is 23.0 Å². The third kappa shape index (κ3) is 3.49. The minimum absolute atomic E-state index is 0.0766. The van der Waals surface area contributed by atoms with Crippen molar-refractivity contribution in [3.05, 3.63) is 52.1 Å². The zero-order valence-corrected chi connectivity index (χ0v) is 14.8. The monoisotopic (exact) mass is 395 g/mol. The van der Waals surface area contributed by atoms with Gasteiger partial charge in [-0.3, -0.25) is 9.59 Å². The summed E-state index contributed by atoms with van der Waals surface area (Å²) in [6.45, 7) is 0. The quantitative estimate of drug-likeness (QED) is 0.736. The van der Waals surface area contributed by atoms with Gasteiger partial charge in [0.15, 0.2) is 0 Å². The zero-order valence-electron chi connectivity index (χ0n) is 12.4. The molecule has 3 rings (SSSR count). The molecule has 9 heteroatoms. The molecule has 6 nitrogen and oxygen atoms in total. The van der Waals surface area contributed by atoms with E-state index in [4.69, 9.17) is 23.2 Å². The Balaban J connectivity index is 1.87. The van der Waals surface area contributed by atoms with Crippen LogP contribution in [0.25, 0.3) is 0 Å². The first-order valence-corrected chi connectivity index (χ1v) is 8.67. The summed E-state index contributed by atoms with van der Waals surface area (Å²) in [5.41, 5.74) is 0.189. The molecule has 1 atom stereocenters. The van der Waals surface area contributed by atoms with Gasteiger partial charge in [0.25, 0.3) is 0 Å². The van der Waals surface area contributed by atoms with E-state index in [0.717, 1.165) is 16.7 Å². The molecule has 0 saturated carbocycles. The normalized spacial score (nSPS) is 17.2. The highest BCUT2D eigenvalue weighted by Gasteiger charge is 2.40. The molecule has 0 aliphatic carbocycles. The van der Waals surface area contributed by atoms with E-state index in [2.05, 4.69) is 4.98 Å². The lowest BCUT2D eigenvalue weighted by molar-refractivity contribution is -0.255. The molecule has 1 aromatic heterocycles. The largest absolute Gasteiger partial charge is 0.545 e. The molecule has 0 spiro atoms. The van der Waals surface area contributed by atoms with Crippen molar-refractivity contribution in [1.82, 2.24) is 4.98 Å². The van der Waals surface area contributed by atoms with Gasteiger partial charge in [-0.15, -0.1) is 0 Å². The molecule has 2 heterocycles. The number of imide groups is 1. The van der Waals surface area contributed by atoms with Crippen LogP contribution in [0.4, 0.5) is 5.69 Å². The van der Waals surface area contributed by atoms with Crippen LogP contribution in [0.3, 0.4) is 0 Å². The summed E-state index contributed by atoms with van der Waals surface area (Å²) in [6, 6.07) is 7.24. The lowest BCUT2D eigenvalue weighted by Crippen LogP contribution is -2.31. The third-order valence-electron chi connectivity index (χ3n) is 3.51. The molecule has 2 amide bonds. The van der Waals surface area contributed by atoms with E-state index in [1.165, 1.54) is 36.5 Å². The predicted octanol–water partition coefficient (Wildman–Crippen LogP) is 2.18. The number of amides is 2. The number of rotatable bonds is 4. The first kappa shape index (κ1) is 17.7. The highest BCUT2D eigenvalue weighted by molar-refractivity contribution is 8.00. The van der Waals surface area contributed by atoms with E-state index in [9.17, 15) is 19.5 Å². The number of hydrogen-bond donors (Lipinski definition) is 0. The Morgan fingerprint density at radius 2 is 2.00 bits per heavy atom. The van der Waals surface area contributed by atoms with Crippen LogP contribution in [0.5, 0.6) is 0 Å². The van der Waals surface area contributed by atoms with Gasteiger partial charge in [-0.05, 0) is 30.3 Å². The second-order valence-corrected chi connectivity index (χ2v) is 7.13. The van der Waals surface area contributed by atoms with Crippen molar-refractivity contribution in [2.45, 2.75) is 16.7 Å². The molecule has 1 aliphatic heterocycles. The number of carboxylic acids is 1. The molecule has 128 valence electrons. The molecule has 1 saturated heterocycles. The van der Waals surface area contributed by atoms with Gasteiger partial charge in [0.05, 0.1) is 27.0 Å². The highest BCUT2D eigenvalue weighted by Crippen LogP contribution is 2.36. The molecular weight excluding hydrogens is 387 g/mol. The van der Waals surface area contributed by atoms with Crippen LogP contribution in [-0.2, 0) is 9.59 Å². The van der Waals surface area contributed by atoms with E-state index in [-0.39, 0.29) is 22.0 Å². The maximum atomic E-state index is 12.6. The van der Waals surface area contributed by atoms with Gasteiger partial charge in [0.1, 0.15) is 5.03 Å². The number of carboxylic acid groups (broad SMARTS) is 1. The zero-order chi connectivity index (χ0) is 18.1. The fraction of sp³-hybridized carbons (Fsp3) is 0.125. The number of nitrogens with zero attached hydrogens (tertiary/aromatic N) is 2. The summed E-state index contributed by atoms with van der Waals surface area (Å²) >= 11 is 12.7. The maximum Gasteiger partial charge on any atom is 0.247 e. The number of aromatic carboxylic acids is 1. The number of anilines is 1. The van der Waals surface area contributed by atoms with Gasteiger partial charge < -0.3 is 9.90 Å². The molecule has 0 N–H and O–H groups in total. The fourth-order valence-corrected chi connectivity index (χ4v) is 3.76. The topological polar surface area (TPSA) is 90.4 Å². The van der Waals surface area contributed by atoms with Gasteiger partial charge in [0.2, 0.25) is 11.8 Å². The third-order valence-corrected chi connectivity index (χ3v) is 5.45. The Hall–Kier alpha value is -2.09. The number of hydrogen-bond acceptors (Lipinski definition) is 6. The Bertz CT molecular complexity index is 890. The highest BCUT2D eigenvalue weighted by atomic mass is 35.5. The van der Waals surface area contributed by atoms with Crippen molar-refractivity contribution in [1.29, 1.82) is 0 Å². The summed E-state index contributed by atoms with van der Waals surface area (Å²) in [5.74, 6) is -2.27. The number of thioether (sulfide) groups is 1. The van der Waals surface area contributed by atoms with Crippen molar-refractivity contribution in [2.75, 3.05) is 4.90 Å². The number of benzene rings is 1. The standard InChI is InChI=1S/C16H10Cl2N2O4S/c17-10-4-3-8(6-11(10)18)20-13(21)7-12(15(20)22)25-14-9(16(23)24)2-1-5-19-14/h1-6,12H,7H2,(H,23,24)/p-1. The molecule has 1 aromatic carbocycles. The molecule has 1 aliphatic rings. The van der Waals surface area contributed by atoms with Crippen LogP contribution >= 0.6 is 35.0 Å². The minimum atomic E-state index is -1.39. The Morgan fingerprint density at radius 3 is 2.68 bits per heavy atom. The Morgan fingerprint density at radius 1 is 1.24 bits per heavy atom. The van der Waals surface area contributed by atoms with E-state index in [1.807, 2.05) is 0 Å². The number of carbonyl (C=O) groups is 3. The van der Waals surface area contributed by atoms with Gasteiger partial charge >= 0.3 is 0 Å². The average Bonchev–Trinajstić information content (AvgIpc) is 2.84. The SMILES string of the molecule is O=C([O-])c1cccnc1SC1CC(=O)N(c2ccc(Cl)c(Cl)c2)C1=O. The molecular formula is C16H9Cl2N2O4S-. The molecule has 1 unspecified atom stereocenters. The maximum absolute atomic E-state index is 12.6. The summed E-state index contributed by atoms with van der Waals surface area (Å²) < 4.78 is 0. The van der Waals surface area contributed by atoms with Crippen molar-refractivity contribution in [3.8, 4) is 0 Å². The lowest BCUT2D eigenvalue weighted by Gasteiger charge is -2.16.